The second-order valence-corrected chi connectivity index (χ2v) is 4.94. The largest absolute Gasteiger partial charge is 0.454 e. The van der Waals surface area contributed by atoms with Gasteiger partial charge in [-0.05, 0) is 42.8 Å². The van der Waals surface area contributed by atoms with Gasteiger partial charge in [0.2, 0.25) is 6.79 Å². The highest BCUT2D eigenvalue weighted by Crippen LogP contribution is 2.32. The zero-order valence-corrected chi connectivity index (χ0v) is 11.7. The smallest absolute Gasteiger partial charge is 0.251 e. The number of fused-ring (bicyclic) bond motifs is 1. The molecule has 0 spiro atoms. The molecule has 0 aromatic heterocycles. The normalized spacial score (nSPS) is 13.8. The van der Waals surface area contributed by atoms with Crippen molar-refractivity contribution in [2.24, 2.45) is 0 Å². The minimum atomic E-state index is -0.943. The van der Waals surface area contributed by atoms with Gasteiger partial charge in [-0.2, -0.15) is 0 Å². The molecule has 1 atom stereocenters. The molecule has 114 valence electrons. The number of rotatable bonds is 3. The molecule has 2 aromatic rings. The van der Waals surface area contributed by atoms with E-state index in [1.807, 2.05) is 0 Å². The molecule has 0 radical (unpaired) electrons. The van der Waals surface area contributed by atoms with Crippen LogP contribution in [0.4, 0.5) is 8.78 Å². The second kappa shape index (κ2) is 5.63. The van der Waals surface area contributed by atoms with Crippen LogP contribution in [0.2, 0.25) is 0 Å². The minimum Gasteiger partial charge on any atom is -0.454 e. The Kier molecular flexibility index (Phi) is 3.66. The number of hydrogen-bond donors (Lipinski definition) is 1. The number of carbonyl (C=O) groups is 1. The first-order valence-electron chi connectivity index (χ1n) is 6.70. The predicted octanol–water partition coefficient (Wildman–Crippen LogP) is 3.18. The summed E-state index contributed by atoms with van der Waals surface area (Å²) >= 11 is 0. The fourth-order valence-corrected chi connectivity index (χ4v) is 2.18. The van der Waals surface area contributed by atoms with Crippen LogP contribution in [0.15, 0.2) is 36.4 Å². The molecule has 3 rings (SSSR count). The van der Waals surface area contributed by atoms with Crippen molar-refractivity contribution >= 4 is 5.91 Å². The van der Waals surface area contributed by atoms with Crippen LogP contribution in [-0.4, -0.2) is 12.7 Å². The van der Waals surface area contributed by atoms with Gasteiger partial charge in [0.25, 0.3) is 5.91 Å². The first-order valence-corrected chi connectivity index (χ1v) is 6.70. The molecule has 1 aliphatic heterocycles. The van der Waals surface area contributed by atoms with Crippen molar-refractivity contribution in [3.63, 3.8) is 0 Å². The lowest BCUT2D eigenvalue weighted by Gasteiger charge is -2.15. The molecular weight excluding hydrogens is 292 g/mol. The van der Waals surface area contributed by atoms with E-state index in [-0.39, 0.29) is 12.7 Å². The van der Waals surface area contributed by atoms with Crippen LogP contribution in [0.5, 0.6) is 11.5 Å². The van der Waals surface area contributed by atoms with Crippen molar-refractivity contribution in [1.29, 1.82) is 0 Å². The maximum Gasteiger partial charge on any atom is 0.251 e. The summed E-state index contributed by atoms with van der Waals surface area (Å²) in [5, 5.41) is 2.73. The Hall–Kier alpha value is -2.63. The second-order valence-electron chi connectivity index (χ2n) is 4.94. The van der Waals surface area contributed by atoms with Gasteiger partial charge in [-0.1, -0.05) is 6.07 Å². The molecule has 2 aromatic carbocycles. The highest BCUT2D eigenvalue weighted by molar-refractivity contribution is 5.95. The first-order chi connectivity index (χ1) is 10.5. The van der Waals surface area contributed by atoms with E-state index in [2.05, 4.69) is 5.32 Å². The number of nitrogens with one attached hydrogen (secondary N) is 1. The Labute approximate surface area is 125 Å². The van der Waals surface area contributed by atoms with Crippen LogP contribution in [0, 0.1) is 11.6 Å². The average molecular weight is 305 g/mol. The lowest BCUT2D eigenvalue weighted by molar-refractivity contribution is 0.0939. The van der Waals surface area contributed by atoms with Crippen LogP contribution < -0.4 is 14.8 Å². The summed E-state index contributed by atoms with van der Waals surface area (Å²) in [5.74, 6) is -1.10. The van der Waals surface area contributed by atoms with Gasteiger partial charge in [0.05, 0.1) is 6.04 Å². The number of benzene rings is 2. The van der Waals surface area contributed by atoms with Gasteiger partial charge in [0.15, 0.2) is 23.1 Å². The average Bonchev–Trinajstić information content (AvgIpc) is 2.97. The van der Waals surface area contributed by atoms with Crippen molar-refractivity contribution in [2.75, 3.05) is 6.79 Å². The summed E-state index contributed by atoms with van der Waals surface area (Å²) in [6, 6.07) is 7.92. The Balaban J connectivity index is 1.74. The monoisotopic (exact) mass is 305 g/mol. The molecule has 0 saturated heterocycles. The maximum absolute atomic E-state index is 13.2. The van der Waals surface area contributed by atoms with E-state index < -0.39 is 17.7 Å². The van der Waals surface area contributed by atoms with E-state index in [1.54, 1.807) is 25.1 Å². The Morgan fingerprint density at radius 3 is 2.64 bits per heavy atom. The van der Waals surface area contributed by atoms with E-state index >= 15 is 0 Å². The molecule has 1 heterocycles. The molecule has 1 amide bonds. The van der Waals surface area contributed by atoms with E-state index in [4.69, 9.17) is 9.47 Å². The standard InChI is InChI=1S/C16H13F2NO3/c1-9(10-2-4-12(17)13(18)6-10)19-16(20)11-3-5-14-15(7-11)22-8-21-14/h2-7,9H,8H2,1H3,(H,19,20)/t9-/m1/s1. The lowest BCUT2D eigenvalue weighted by Crippen LogP contribution is -2.26. The summed E-state index contributed by atoms with van der Waals surface area (Å²) in [7, 11) is 0. The SMILES string of the molecule is C[C@@H](NC(=O)c1ccc2c(c1)OCO2)c1ccc(F)c(F)c1. The number of hydrogen-bond acceptors (Lipinski definition) is 3. The summed E-state index contributed by atoms with van der Waals surface area (Å²) in [6.07, 6.45) is 0. The number of halogens is 2. The van der Waals surface area contributed by atoms with Gasteiger partial charge in [0, 0.05) is 5.56 Å². The van der Waals surface area contributed by atoms with Gasteiger partial charge in [-0.15, -0.1) is 0 Å². The summed E-state index contributed by atoms with van der Waals surface area (Å²) in [5.41, 5.74) is 0.881. The van der Waals surface area contributed by atoms with E-state index in [9.17, 15) is 13.6 Å². The molecular formula is C16H13F2NO3. The summed E-state index contributed by atoms with van der Waals surface area (Å²) in [6.45, 7) is 1.82. The molecule has 0 saturated carbocycles. The lowest BCUT2D eigenvalue weighted by atomic mass is 10.1. The predicted molar refractivity (Wildman–Crippen MR) is 74.8 cm³/mol. The van der Waals surface area contributed by atoms with E-state index in [0.717, 1.165) is 12.1 Å². The van der Waals surface area contributed by atoms with Crippen LogP contribution in [0.1, 0.15) is 28.9 Å². The zero-order valence-electron chi connectivity index (χ0n) is 11.7. The topological polar surface area (TPSA) is 47.6 Å². The molecule has 1 N–H and O–H groups in total. The zero-order chi connectivity index (χ0) is 15.7. The van der Waals surface area contributed by atoms with Crippen LogP contribution in [0.3, 0.4) is 0 Å². The van der Waals surface area contributed by atoms with Crippen molar-refractivity contribution in [3.05, 3.63) is 59.2 Å². The Bertz CT molecular complexity index is 733. The summed E-state index contributed by atoms with van der Waals surface area (Å²) < 4.78 is 36.6. The quantitative estimate of drug-likeness (QED) is 0.947. The van der Waals surface area contributed by atoms with Crippen LogP contribution in [0.25, 0.3) is 0 Å². The molecule has 0 bridgehead atoms. The van der Waals surface area contributed by atoms with Crippen molar-refractivity contribution in [3.8, 4) is 11.5 Å². The maximum atomic E-state index is 13.2. The van der Waals surface area contributed by atoms with Gasteiger partial charge >= 0.3 is 0 Å². The number of carbonyl (C=O) groups excluding carboxylic acids is 1. The molecule has 0 unspecified atom stereocenters. The third kappa shape index (κ3) is 2.72. The fraction of sp³-hybridized carbons (Fsp3) is 0.188. The minimum absolute atomic E-state index is 0.131. The molecule has 22 heavy (non-hydrogen) atoms. The van der Waals surface area contributed by atoms with Gasteiger partial charge in [-0.3, -0.25) is 4.79 Å². The van der Waals surface area contributed by atoms with Crippen molar-refractivity contribution < 1.29 is 23.0 Å². The first kappa shape index (κ1) is 14.3. The van der Waals surface area contributed by atoms with Gasteiger partial charge < -0.3 is 14.8 Å². The van der Waals surface area contributed by atoms with Crippen molar-refractivity contribution in [2.45, 2.75) is 13.0 Å². The highest BCUT2D eigenvalue weighted by atomic mass is 19.2. The third-order valence-electron chi connectivity index (χ3n) is 3.43. The molecule has 6 heteroatoms. The van der Waals surface area contributed by atoms with Crippen LogP contribution in [-0.2, 0) is 0 Å². The third-order valence-corrected chi connectivity index (χ3v) is 3.43. The van der Waals surface area contributed by atoms with E-state index in [1.165, 1.54) is 6.07 Å². The molecule has 4 nitrogen and oxygen atoms in total. The number of amides is 1. The summed E-state index contributed by atoms with van der Waals surface area (Å²) in [4.78, 5) is 12.2. The van der Waals surface area contributed by atoms with Gasteiger partial charge in [-0.25, -0.2) is 8.78 Å². The Morgan fingerprint density at radius 2 is 1.86 bits per heavy atom. The molecule has 1 aliphatic rings. The van der Waals surface area contributed by atoms with Gasteiger partial charge in [0.1, 0.15) is 0 Å². The molecule has 0 aliphatic carbocycles. The highest BCUT2D eigenvalue weighted by Gasteiger charge is 2.18. The Morgan fingerprint density at radius 1 is 1.09 bits per heavy atom. The number of ether oxygens (including phenoxy) is 2. The van der Waals surface area contributed by atoms with Crippen molar-refractivity contribution in [1.82, 2.24) is 5.32 Å². The molecule has 0 fully saturated rings. The van der Waals surface area contributed by atoms with E-state index in [0.29, 0.717) is 22.6 Å². The van der Waals surface area contributed by atoms with Crippen LogP contribution >= 0.6 is 0 Å². The fourth-order valence-electron chi connectivity index (χ4n) is 2.18.